The highest BCUT2D eigenvalue weighted by atomic mass is 19.1. The van der Waals surface area contributed by atoms with Crippen LogP contribution in [0.4, 0.5) is 4.39 Å². The molecule has 3 heteroatoms. The Hall–Kier alpha value is -1.77. The van der Waals surface area contributed by atoms with Crippen LogP contribution in [0.25, 0.3) is 0 Å². The molecule has 0 saturated heterocycles. The highest BCUT2D eigenvalue weighted by Crippen LogP contribution is 2.58. The van der Waals surface area contributed by atoms with Crippen LogP contribution in [0.5, 0.6) is 0 Å². The second-order valence-electron chi connectivity index (χ2n) is 6.00. The lowest BCUT2D eigenvalue weighted by atomic mass is 9.58. The highest BCUT2D eigenvalue weighted by molar-refractivity contribution is 6.19. The summed E-state index contributed by atoms with van der Waals surface area (Å²) in [4.78, 5) is 25.3. The lowest BCUT2D eigenvalue weighted by molar-refractivity contribution is -0.127. The molecule has 2 aliphatic carbocycles. The molecule has 0 spiro atoms. The van der Waals surface area contributed by atoms with Crippen LogP contribution >= 0.6 is 0 Å². The second-order valence-corrected chi connectivity index (χ2v) is 6.00. The second kappa shape index (κ2) is 4.11. The van der Waals surface area contributed by atoms with Gasteiger partial charge < -0.3 is 0 Å². The summed E-state index contributed by atoms with van der Waals surface area (Å²) < 4.78 is 13.5. The molecule has 3 rings (SSSR count). The third-order valence-corrected chi connectivity index (χ3v) is 4.99. The predicted octanol–water partition coefficient (Wildman–Crippen LogP) is 3.52. The minimum Gasteiger partial charge on any atom is -0.299 e. The Morgan fingerprint density at radius 1 is 1.25 bits per heavy atom. The topological polar surface area (TPSA) is 34.1 Å². The van der Waals surface area contributed by atoms with Crippen LogP contribution in [-0.2, 0) is 4.79 Å². The fourth-order valence-corrected chi connectivity index (χ4v) is 4.10. The number of carbonyl (C=O) groups excluding carboxylic acids is 2. The maximum absolute atomic E-state index is 13.5. The average molecular weight is 272 g/mol. The zero-order valence-corrected chi connectivity index (χ0v) is 11.8. The molecule has 4 atom stereocenters. The number of hydrogen-bond donors (Lipinski definition) is 0. The van der Waals surface area contributed by atoms with Crippen molar-refractivity contribution in [3.63, 3.8) is 0 Å². The molecule has 0 aliphatic heterocycles. The van der Waals surface area contributed by atoms with E-state index >= 15 is 0 Å². The van der Waals surface area contributed by atoms with E-state index in [1.165, 1.54) is 19.1 Å². The van der Waals surface area contributed by atoms with Crippen molar-refractivity contribution in [1.82, 2.24) is 0 Å². The molecule has 0 radical (unpaired) electrons. The lowest BCUT2D eigenvalue weighted by Gasteiger charge is -2.41. The van der Waals surface area contributed by atoms with Crippen molar-refractivity contribution in [3.8, 4) is 0 Å². The lowest BCUT2D eigenvalue weighted by Crippen LogP contribution is -2.47. The largest absolute Gasteiger partial charge is 0.299 e. The van der Waals surface area contributed by atoms with Gasteiger partial charge in [-0.15, -0.1) is 0 Å². The zero-order chi connectivity index (χ0) is 14.7. The van der Waals surface area contributed by atoms with Gasteiger partial charge in [-0.2, -0.15) is 0 Å². The van der Waals surface area contributed by atoms with Crippen molar-refractivity contribution in [3.05, 3.63) is 47.3 Å². The van der Waals surface area contributed by atoms with Crippen molar-refractivity contribution in [1.29, 1.82) is 0 Å². The van der Waals surface area contributed by atoms with E-state index in [0.29, 0.717) is 5.56 Å². The Balaban J connectivity index is 2.33. The Bertz CT molecular complexity index is 646. The molecule has 0 amide bonds. The van der Waals surface area contributed by atoms with Crippen LogP contribution in [-0.4, -0.2) is 11.6 Å². The molecule has 0 heterocycles. The van der Waals surface area contributed by atoms with E-state index in [1.807, 2.05) is 19.9 Å². The first-order chi connectivity index (χ1) is 9.40. The zero-order valence-electron chi connectivity index (χ0n) is 11.8. The Kier molecular flexibility index (Phi) is 2.72. The van der Waals surface area contributed by atoms with Crippen molar-refractivity contribution in [2.24, 2.45) is 17.3 Å². The van der Waals surface area contributed by atoms with Gasteiger partial charge >= 0.3 is 0 Å². The number of carbonyl (C=O) groups is 2. The summed E-state index contributed by atoms with van der Waals surface area (Å²) in [5, 5.41) is 0. The van der Waals surface area contributed by atoms with E-state index < -0.39 is 11.2 Å². The van der Waals surface area contributed by atoms with Crippen LogP contribution in [0.2, 0.25) is 0 Å². The third-order valence-electron chi connectivity index (χ3n) is 4.99. The molecule has 0 bridgehead atoms. The van der Waals surface area contributed by atoms with Crippen LogP contribution in [0.15, 0.2) is 30.4 Å². The van der Waals surface area contributed by atoms with E-state index in [-0.39, 0.29) is 29.3 Å². The Morgan fingerprint density at radius 2 is 1.95 bits per heavy atom. The van der Waals surface area contributed by atoms with Gasteiger partial charge in [0.15, 0.2) is 5.78 Å². The molecular weight excluding hydrogens is 255 g/mol. The number of ketones is 2. The average Bonchev–Trinajstić information content (AvgIpc) is 2.66. The molecule has 0 unspecified atom stereocenters. The smallest absolute Gasteiger partial charge is 0.178 e. The summed E-state index contributed by atoms with van der Waals surface area (Å²) >= 11 is 0. The quantitative estimate of drug-likeness (QED) is 0.579. The number of fused-ring (bicyclic) bond motifs is 3. The number of rotatable bonds is 1. The normalized spacial score (nSPS) is 34.8. The Labute approximate surface area is 117 Å². The van der Waals surface area contributed by atoms with Crippen molar-refractivity contribution in [2.45, 2.75) is 26.7 Å². The van der Waals surface area contributed by atoms with Gasteiger partial charge in [-0.05, 0) is 36.5 Å². The van der Waals surface area contributed by atoms with Gasteiger partial charge in [0, 0.05) is 11.5 Å². The minimum absolute atomic E-state index is 0.0887. The first-order valence-corrected chi connectivity index (χ1v) is 6.94. The fourth-order valence-electron chi connectivity index (χ4n) is 4.10. The number of Topliss-reactive ketones (excluding diaryl/α,β-unsaturated/α-hetero) is 2. The van der Waals surface area contributed by atoms with E-state index in [2.05, 4.69) is 6.08 Å². The monoisotopic (exact) mass is 272 g/mol. The first kappa shape index (κ1) is 13.2. The summed E-state index contributed by atoms with van der Waals surface area (Å²) in [6.07, 6.45) is 4.00. The van der Waals surface area contributed by atoms with Gasteiger partial charge in [-0.1, -0.05) is 32.1 Å². The number of benzene rings is 1. The van der Waals surface area contributed by atoms with Crippen LogP contribution in [0.3, 0.4) is 0 Å². The molecule has 0 fully saturated rings. The van der Waals surface area contributed by atoms with Crippen LogP contribution in [0, 0.1) is 23.1 Å². The predicted molar refractivity (Wildman–Crippen MR) is 74.1 cm³/mol. The van der Waals surface area contributed by atoms with Crippen LogP contribution in [0.1, 0.15) is 42.6 Å². The molecule has 20 heavy (non-hydrogen) atoms. The summed E-state index contributed by atoms with van der Waals surface area (Å²) in [5.41, 5.74) is 0.146. The molecule has 104 valence electrons. The van der Waals surface area contributed by atoms with Crippen molar-refractivity contribution in [2.75, 3.05) is 0 Å². The minimum atomic E-state index is -1.05. The van der Waals surface area contributed by atoms with Crippen molar-refractivity contribution >= 4 is 11.6 Å². The van der Waals surface area contributed by atoms with E-state index in [9.17, 15) is 14.0 Å². The van der Waals surface area contributed by atoms with Gasteiger partial charge in [-0.25, -0.2) is 4.39 Å². The summed E-state index contributed by atoms with van der Waals surface area (Å²) in [6.45, 7) is 5.39. The number of hydrogen-bond acceptors (Lipinski definition) is 2. The van der Waals surface area contributed by atoms with Gasteiger partial charge in [0.1, 0.15) is 17.0 Å². The van der Waals surface area contributed by atoms with E-state index in [4.69, 9.17) is 0 Å². The maximum atomic E-state index is 13.5. The molecule has 0 aromatic heterocycles. The summed E-state index contributed by atoms with van der Waals surface area (Å²) in [6, 6.07) is 4.32. The maximum Gasteiger partial charge on any atom is 0.178 e. The van der Waals surface area contributed by atoms with Gasteiger partial charge in [-0.3, -0.25) is 9.59 Å². The van der Waals surface area contributed by atoms with E-state index in [0.717, 1.165) is 5.56 Å². The molecule has 2 aliphatic rings. The molecule has 1 aromatic carbocycles. The summed E-state index contributed by atoms with van der Waals surface area (Å²) in [5.74, 6) is -1.01. The summed E-state index contributed by atoms with van der Waals surface area (Å²) in [7, 11) is 0. The molecule has 2 nitrogen and oxygen atoms in total. The van der Waals surface area contributed by atoms with E-state index in [1.54, 1.807) is 6.07 Å². The van der Waals surface area contributed by atoms with Crippen LogP contribution < -0.4 is 0 Å². The molecule has 1 aromatic rings. The highest BCUT2D eigenvalue weighted by Gasteiger charge is 2.61. The van der Waals surface area contributed by atoms with Gasteiger partial charge in [0.05, 0.1) is 0 Å². The Morgan fingerprint density at radius 3 is 2.60 bits per heavy atom. The number of allylic oxidation sites excluding steroid dienone is 2. The van der Waals surface area contributed by atoms with Gasteiger partial charge in [0.2, 0.25) is 0 Å². The van der Waals surface area contributed by atoms with Gasteiger partial charge in [0.25, 0.3) is 0 Å². The standard InChI is InChI=1S/C17H17FO2/c1-9-4-5-10(2)17(11(3)19)15(9)13-7-6-12(18)8-14(13)16(17)20/h4-10,15H,1-3H3/t9-,10+,15+,17-/m0/s1. The SMILES string of the molecule is CC(=O)[C@]12C(=O)c3cc(F)ccc3[C@H]1[C@@H](C)C=C[C@H]2C. The third kappa shape index (κ3) is 1.38. The molecule has 0 N–H and O–H groups in total. The first-order valence-electron chi connectivity index (χ1n) is 6.94. The molecule has 0 saturated carbocycles. The molecular formula is C17H17FO2. The number of halogens is 1. The fraction of sp³-hybridized carbons (Fsp3) is 0.412. The van der Waals surface area contributed by atoms with Crippen molar-refractivity contribution < 1.29 is 14.0 Å².